The number of nitrogens with one attached hydrogen (secondary N) is 1. The second kappa shape index (κ2) is 6.65. The monoisotopic (exact) mass is 310 g/mol. The minimum absolute atomic E-state index is 0. The lowest BCUT2D eigenvalue weighted by atomic mass is 10.2. The number of halogens is 1. The molecule has 0 bridgehead atoms. The van der Waals surface area contributed by atoms with Gasteiger partial charge in [-0.1, -0.05) is 4.68 Å². The van der Waals surface area contributed by atoms with E-state index in [0.717, 1.165) is 5.57 Å². The normalized spacial score (nSPS) is 15.4. The third-order valence-electron chi connectivity index (χ3n) is 2.05. The Morgan fingerprint density at radius 2 is 2.17 bits per heavy atom. The Morgan fingerprint density at radius 3 is 2.72 bits per heavy atom. The molecule has 0 atom stereocenters. The van der Waals surface area contributed by atoms with Gasteiger partial charge in [0.25, 0.3) is 6.21 Å². The summed E-state index contributed by atoms with van der Waals surface area (Å²) in [5.74, 6) is 0.184. The first kappa shape index (κ1) is 14.0. The van der Waals surface area contributed by atoms with Gasteiger partial charge in [-0.05, 0) is 6.07 Å². The van der Waals surface area contributed by atoms with Gasteiger partial charge in [-0.2, -0.15) is 5.43 Å². The summed E-state index contributed by atoms with van der Waals surface area (Å²) in [7, 11) is 1.32. The van der Waals surface area contributed by atoms with E-state index < -0.39 is 5.97 Å². The number of aromatic nitrogens is 2. The van der Waals surface area contributed by atoms with Crippen LogP contribution in [-0.4, -0.2) is 33.9 Å². The minimum atomic E-state index is -0.435. The molecule has 2 heterocycles. The van der Waals surface area contributed by atoms with Gasteiger partial charge in [0.2, 0.25) is 6.20 Å². The predicted molar refractivity (Wildman–Crippen MR) is 60.6 cm³/mol. The van der Waals surface area contributed by atoms with Crippen molar-refractivity contribution in [2.24, 2.45) is 0 Å². The first-order chi connectivity index (χ1) is 8.29. The molecule has 1 N–H and O–H groups in total. The second-order valence-electron chi connectivity index (χ2n) is 3.18. The predicted octanol–water partition coefficient (Wildman–Crippen LogP) is -2.89. The fourth-order valence-electron chi connectivity index (χ4n) is 1.23. The van der Waals surface area contributed by atoms with E-state index in [-0.39, 0.29) is 17.0 Å². The molecule has 0 saturated heterocycles. The van der Waals surface area contributed by atoms with Crippen molar-refractivity contribution in [3.05, 3.63) is 42.8 Å². The van der Waals surface area contributed by atoms with Crippen LogP contribution in [-0.2, 0) is 9.53 Å². The summed E-state index contributed by atoms with van der Waals surface area (Å²) in [6.07, 6.45) is 9.81. The summed E-state index contributed by atoms with van der Waals surface area (Å²) in [5.41, 5.74) is 3.71. The number of carbonyl (C=O) groups excluding carboxylic acids is 1. The number of hydrazone groups is 1. The number of methoxy groups -OCH3 is 1. The molecule has 0 amide bonds. The van der Waals surface area contributed by atoms with Gasteiger partial charge in [-0.25, -0.2) is 14.8 Å². The lowest BCUT2D eigenvalue weighted by Crippen LogP contribution is -3.00. The molecule has 7 heteroatoms. The summed E-state index contributed by atoms with van der Waals surface area (Å²) in [4.78, 5) is 19.2. The summed E-state index contributed by atoms with van der Waals surface area (Å²) >= 11 is 0. The third kappa shape index (κ3) is 3.49. The molecular weight excluding hydrogens is 300 g/mol. The van der Waals surface area contributed by atoms with Crippen LogP contribution < -0.4 is 22.4 Å². The number of hydrogen-bond donors (Lipinski definition) is 1. The molecule has 1 aromatic heterocycles. The summed E-state index contributed by atoms with van der Waals surface area (Å²) in [6, 6.07) is 1.75. The molecule has 0 spiro atoms. The Morgan fingerprint density at radius 1 is 1.44 bits per heavy atom. The van der Waals surface area contributed by atoms with Crippen LogP contribution in [0.5, 0.6) is 0 Å². The quantitative estimate of drug-likeness (QED) is 0.469. The van der Waals surface area contributed by atoms with Crippen molar-refractivity contribution in [1.82, 2.24) is 15.4 Å². The first-order valence-corrected chi connectivity index (χ1v) is 4.92. The minimum Gasteiger partial charge on any atom is -1.00 e. The first-order valence-electron chi connectivity index (χ1n) is 4.92. The maximum Gasteiger partial charge on any atom is 0.398 e. The number of hydrazine groups is 1. The Labute approximate surface area is 114 Å². The highest BCUT2D eigenvalue weighted by atomic mass is 79.9. The van der Waals surface area contributed by atoms with Gasteiger partial charge in [0, 0.05) is 24.0 Å². The molecule has 1 aliphatic heterocycles. The Balaban J connectivity index is 0.00000162. The van der Waals surface area contributed by atoms with E-state index in [1.807, 2.05) is 0 Å². The number of nitrogens with zero attached hydrogens (tertiary/aromatic N) is 3. The molecule has 18 heavy (non-hydrogen) atoms. The summed E-state index contributed by atoms with van der Waals surface area (Å²) in [6.45, 7) is 0. The van der Waals surface area contributed by atoms with E-state index in [0.29, 0.717) is 5.82 Å². The fourth-order valence-corrected chi connectivity index (χ4v) is 1.23. The van der Waals surface area contributed by atoms with Crippen molar-refractivity contribution >= 4 is 17.8 Å². The Hall–Kier alpha value is -2.02. The SMILES string of the molecule is COC(=O)C=[N+]1C=CC(c2ncccn2)=CN1.[Br-]. The molecule has 1 aromatic rings. The zero-order chi connectivity index (χ0) is 12.1. The van der Waals surface area contributed by atoms with Crippen LogP contribution in [0.1, 0.15) is 5.82 Å². The van der Waals surface area contributed by atoms with E-state index in [1.165, 1.54) is 18.0 Å². The van der Waals surface area contributed by atoms with E-state index in [9.17, 15) is 4.79 Å². The number of allylic oxidation sites excluding steroid dienone is 2. The van der Waals surface area contributed by atoms with Crippen LogP contribution in [0.4, 0.5) is 0 Å². The molecule has 94 valence electrons. The lowest BCUT2D eigenvalue weighted by Gasteiger charge is -2.04. The molecule has 0 aromatic carbocycles. The van der Waals surface area contributed by atoms with Crippen molar-refractivity contribution in [3.63, 3.8) is 0 Å². The van der Waals surface area contributed by atoms with Crippen LogP contribution in [0.2, 0.25) is 0 Å². The lowest BCUT2D eigenvalue weighted by molar-refractivity contribution is -0.506. The Kier molecular flexibility index (Phi) is 5.19. The molecule has 1 aliphatic rings. The molecule has 0 radical (unpaired) electrons. The van der Waals surface area contributed by atoms with Crippen molar-refractivity contribution in [1.29, 1.82) is 0 Å². The average Bonchev–Trinajstić information content (AvgIpc) is 2.40. The highest BCUT2D eigenvalue weighted by Crippen LogP contribution is 2.10. The van der Waals surface area contributed by atoms with Crippen LogP contribution in [0.15, 0.2) is 36.9 Å². The zero-order valence-corrected chi connectivity index (χ0v) is 11.2. The topological polar surface area (TPSA) is 67.1 Å². The van der Waals surface area contributed by atoms with Crippen molar-refractivity contribution < 1.29 is 31.2 Å². The number of carbonyl (C=O) groups is 1. The van der Waals surface area contributed by atoms with Crippen LogP contribution in [0.3, 0.4) is 0 Å². The summed E-state index contributed by atoms with van der Waals surface area (Å²) < 4.78 is 5.99. The van der Waals surface area contributed by atoms with E-state index in [4.69, 9.17) is 0 Å². The Bertz CT molecular complexity index is 511. The largest absolute Gasteiger partial charge is 1.00 e. The van der Waals surface area contributed by atoms with E-state index in [2.05, 4.69) is 20.1 Å². The molecule has 6 nitrogen and oxygen atoms in total. The van der Waals surface area contributed by atoms with Crippen LogP contribution in [0, 0.1) is 0 Å². The van der Waals surface area contributed by atoms with Gasteiger partial charge in [-0.3, -0.25) is 0 Å². The number of hydrogen-bond acceptors (Lipinski definition) is 5. The molecule has 0 fully saturated rings. The standard InChI is InChI=1S/C11H10N4O2.BrH/c1-17-10(16)8-15-6-3-9(7-14-15)11-12-4-2-5-13-11;/h2-8H,1H3;1H. The number of esters is 1. The van der Waals surface area contributed by atoms with E-state index >= 15 is 0 Å². The van der Waals surface area contributed by atoms with Gasteiger partial charge < -0.3 is 21.7 Å². The molecule has 0 aliphatic carbocycles. The van der Waals surface area contributed by atoms with Gasteiger partial charge in [-0.15, -0.1) is 0 Å². The highest BCUT2D eigenvalue weighted by Gasteiger charge is 2.11. The average molecular weight is 311 g/mol. The van der Waals surface area contributed by atoms with Crippen LogP contribution >= 0.6 is 0 Å². The van der Waals surface area contributed by atoms with E-state index in [1.54, 1.807) is 36.9 Å². The van der Waals surface area contributed by atoms with Crippen molar-refractivity contribution in [2.45, 2.75) is 0 Å². The van der Waals surface area contributed by atoms with Gasteiger partial charge in [0.1, 0.15) is 0 Å². The van der Waals surface area contributed by atoms with Crippen molar-refractivity contribution in [3.8, 4) is 0 Å². The van der Waals surface area contributed by atoms with Crippen LogP contribution in [0.25, 0.3) is 5.57 Å². The molecule has 2 rings (SSSR count). The zero-order valence-electron chi connectivity index (χ0n) is 9.58. The number of rotatable bonds is 2. The van der Waals surface area contributed by atoms with Gasteiger partial charge in [0.15, 0.2) is 5.82 Å². The third-order valence-corrected chi connectivity index (χ3v) is 2.05. The molecular formula is C11H11BrN4O2. The fraction of sp³-hybridized carbons (Fsp3) is 0.0909. The highest BCUT2D eigenvalue weighted by molar-refractivity contribution is 6.20. The van der Waals surface area contributed by atoms with Crippen molar-refractivity contribution in [2.75, 3.05) is 7.11 Å². The molecule has 0 unspecified atom stereocenters. The van der Waals surface area contributed by atoms with Gasteiger partial charge in [0.05, 0.1) is 13.3 Å². The summed E-state index contributed by atoms with van der Waals surface area (Å²) in [5, 5.41) is 0. The number of ether oxygens (including phenoxy) is 1. The second-order valence-corrected chi connectivity index (χ2v) is 3.18. The maximum absolute atomic E-state index is 11.0. The van der Waals surface area contributed by atoms with Gasteiger partial charge >= 0.3 is 5.97 Å². The molecule has 0 saturated carbocycles. The maximum atomic E-state index is 11.0. The smallest absolute Gasteiger partial charge is 0.398 e.